The number of hydrogen-bond donors (Lipinski definition) is 0. The molecule has 5 heteroatoms. The quantitative estimate of drug-likeness (QED) is 0.681. The summed E-state index contributed by atoms with van der Waals surface area (Å²) in [7, 11) is 0. The van der Waals surface area contributed by atoms with Crippen LogP contribution in [0.2, 0.25) is 5.02 Å². The van der Waals surface area contributed by atoms with Crippen molar-refractivity contribution in [3.8, 4) is 0 Å². The SMILES string of the molecule is O=c1oc2c(Br)cc(Cl)cc2cc1Br. The van der Waals surface area contributed by atoms with Gasteiger partial charge >= 0.3 is 5.63 Å². The summed E-state index contributed by atoms with van der Waals surface area (Å²) in [5, 5.41) is 1.36. The molecule has 0 fully saturated rings. The van der Waals surface area contributed by atoms with E-state index >= 15 is 0 Å². The normalized spacial score (nSPS) is 10.8. The third-order valence-corrected chi connectivity index (χ3v) is 3.07. The van der Waals surface area contributed by atoms with Crippen LogP contribution in [0.15, 0.2) is 36.4 Å². The number of benzene rings is 1. The molecule has 0 saturated heterocycles. The van der Waals surface area contributed by atoms with Crippen molar-refractivity contribution >= 4 is 54.4 Å². The molecule has 14 heavy (non-hydrogen) atoms. The summed E-state index contributed by atoms with van der Waals surface area (Å²) in [6.45, 7) is 0. The van der Waals surface area contributed by atoms with Crippen LogP contribution in [0.5, 0.6) is 0 Å². The van der Waals surface area contributed by atoms with Gasteiger partial charge in [-0.1, -0.05) is 11.6 Å². The molecule has 0 aliphatic heterocycles. The summed E-state index contributed by atoms with van der Waals surface area (Å²) in [5.41, 5.74) is 0.100. The smallest absolute Gasteiger partial charge is 0.350 e. The molecule has 0 atom stereocenters. The van der Waals surface area contributed by atoms with Gasteiger partial charge in [-0.05, 0) is 50.1 Å². The van der Waals surface area contributed by atoms with Gasteiger partial charge in [0.1, 0.15) is 4.47 Å². The minimum Gasteiger partial charge on any atom is -0.421 e. The molecule has 0 N–H and O–H groups in total. The van der Waals surface area contributed by atoms with E-state index in [1.807, 2.05) is 0 Å². The van der Waals surface area contributed by atoms with Gasteiger partial charge in [0.2, 0.25) is 0 Å². The van der Waals surface area contributed by atoms with E-state index in [2.05, 4.69) is 31.9 Å². The van der Waals surface area contributed by atoms with Gasteiger partial charge in [-0.2, -0.15) is 0 Å². The molecule has 1 aromatic carbocycles. The monoisotopic (exact) mass is 336 g/mol. The van der Waals surface area contributed by atoms with Crippen LogP contribution in [0.1, 0.15) is 0 Å². The van der Waals surface area contributed by atoms with Gasteiger partial charge in [-0.25, -0.2) is 4.79 Å². The molecular formula is C9H3Br2ClO2. The number of fused-ring (bicyclic) bond motifs is 1. The van der Waals surface area contributed by atoms with Gasteiger partial charge in [0.25, 0.3) is 0 Å². The van der Waals surface area contributed by atoms with Gasteiger partial charge in [0.05, 0.1) is 4.47 Å². The van der Waals surface area contributed by atoms with E-state index in [0.29, 0.717) is 19.6 Å². The van der Waals surface area contributed by atoms with Gasteiger partial charge in [-0.15, -0.1) is 0 Å². The summed E-state index contributed by atoms with van der Waals surface area (Å²) < 4.78 is 6.13. The van der Waals surface area contributed by atoms with E-state index in [9.17, 15) is 4.79 Å². The Morgan fingerprint density at radius 2 is 1.86 bits per heavy atom. The number of rotatable bonds is 0. The lowest BCUT2D eigenvalue weighted by molar-refractivity contribution is 0.555. The maximum absolute atomic E-state index is 11.2. The van der Waals surface area contributed by atoms with Crippen molar-refractivity contribution in [3.63, 3.8) is 0 Å². The lowest BCUT2D eigenvalue weighted by atomic mass is 10.2. The van der Waals surface area contributed by atoms with Crippen LogP contribution in [0, 0.1) is 0 Å². The largest absolute Gasteiger partial charge is 0.421 e. The van der Waals surface area contributed by atoms with Crippen molar-refractivity contribution < 1.29 is 4.42 Å². The number of halogens is 3. The maximum atomic E-state index is 11.2. The molecule has 0 unspecified atom stereocenters. The van der Waals surface area contributed by atoms with E-state index in [0.717, 1.165) is 5.39 Å². The molecule has 0 aliphatic rings. The van der Waals surface area contributed by atoms with Crippen molar-refractivity contribution in [3.05, 3.63) is 42.6 Å². The summed E-state index contributed by atoms with van der Waals surface area (Å²) >= 11 is 12.2. The molecule has 0 aliphatic carbocycles. The molecule has 0 amide bonds. The molecular weight excluding hydrogens is 335 g/mol. The number of hydrogen-bond acceptors (Lipinski definition) is 2. The summed E-state index contributed by atoms with van der Waals surface area (Å²) in [6, 6.07) is 5.09. The van der Waals surface area contributed by atoms with Crippen LogP contribution < -0.4 is 5.63 Å². The van der Waals surface area contributed by atoms with Crippen molar-refractivity contribution in [1.82, 2.24) is 0 Å². The highest BCUT2D eigenvalue weighted by Gasteiger charge is 2.06. The van der Waals surface area contributed by atoms with Crippen molar-refractivity contribution in [2.24, 2.45) is 0 Å². The van der Waals surface area contributed by atoms with E-state index in [-0.39, 0.29) is 0 Å². The third-order valence-electron chi connectivity index (χ3n) is 1.71. The topological polar surface area (TPSA) is 30.2 Å². The molecule has 0 spiro atoms. The molecule has 0 saturated carbocycles. The van der Waals surface area contributed by atoms with Crippen molar-refractivity contribution in [1.29, 1.82) is 0 Å². The second-order valence-electron chi connectivity index (χ2n) is 2.69. The minimum absolute atomic E-state index is 0.388. The zero-order valence-electron chi connectivity index (χ0n) is 6.68. The zero-order valence-corrected chi connectivity index (χ0v) is 10.6. The summed E-state index contributed by atoms with van der Waals surface area (Å²) in [5.74, 6) is 0. The van der Waals surface area contributed by atoms with Crippen LogP contribution in [0.25, 0.3) is 11.0 Å². The average Bonchev–Trinajstić information content (AvgIpc) is 2.08. The van der Waals surface area contributed by atoms with Crippen LogP contribution in [-0.2, 0) is 0 Å². The fourth-order valence-electron chi connectivity index (χ4n) is 1.13. The van der Waals surface area contributed by atoms with Gasteiger partial charge in [0, 0.05) is 10.4 Å². The maximum Gasteiger partial charge on any atom is 0.350 e. The Morgan fingerprint density at radius 1 is 1.14 bits per heavy atom. The molecule has 0 bridgehead atoms. The Morgan fingerprint density at radius 3 is 2.57 bits per heavy atom. The molecule has 1 aromatic heterocycles. The lowest BCUT2D eigenvalue weighted by Gasteiger charge is -2.00. The molecule has 2 aromatic rings. The Kier molecular flexibility index (Phi) is 2.68. The predicted octanol–water partition coefficient (Wildman–Crippen LogP) is 3.97. The van der Waals surface area contributed by atoms with E-state index in [1.165, 1.54) is 0 Å². The Hall–Kier alpha value is -0.320. The molecule has 0 radical (unpaired) electrons. The zero-order chi connectivity index (χ0) is 10.3. The first kappa shape index (κ1) is 10.2. The van der Waals surface area contributed by atoms with E-state index in [1.54, 1.807) is 18.2 Å². The summed E-state index contributed by atoms with van der Waals surface area (Å²) in [4.78, 5) is 11.2. The molecule has 1 heterocycles. The molecule has 72 valence electrons. The highest BCUT2D eigenvalue weighted by Crippen LogP contribution is 2.28. The van der Waals surface area contributed by atoms with Crippen LogP contribution in [0.4, 0.5) is 0 Å². The van der Waals surface area contributed by atoms with Gasteiger partial charge in [-0.3, -0.25) is 0 Å². The highest BCUT2D eigenvalue weighted by atomic mass is 79.9. The second-order valence-corrected chi connectivity index (χ2v) is 4.83. The first-order valence-electron chi connectivity index (χ1n) is 3.66. The molecule has 2 rings (SSSR count). The Balaban J connectivity index is 2.96. The first-order valence-corrected chi connectivity index (χ1v) is 5.63. The van der Waals surface area contributed by atoms with Gasteiger partial charge < -0.3 is 4.42 Å². The van der Waals surface area contributed by atoms with Gasteiger partial charge in [0.15, 0.2) is 5.58 Å². The van der Waals surface area contributed by atoms with Crippen molar-refractivity contribution in [2.45, 2.75) is 0 Å². The van der Waals surface area contributed by atoms with Crippen LogP contribution >= 0.6 is 43.5 Å². The lowest BCUT2D eigenvalue weighted by Crippen LogP contribution is -1.98. The molecule has 2 nitrogen and oxygen atoms in total. The average molecular weight is 338 g/mol. The third kappa shape index (κ3) is 1.74. The van der Waals surface area contributed by atoms with Crippen LogP contribution in [0.3, 0.4) is 0 Å². The Labute approximate surface area is 101 Å². The summed E-state index contributed by atoms with van der Waals surface area (Å²) in [6.07, 6.45) is 0. The van der Waals surface area contributed by atoms with E-state index in [4.69, 9.17) is 16.0 Å². The highest BCUT2D eigenvalue weighted by molar-refractivity contribution is 9.11. The van der Waals surface area contributed by atoms with Crippen LogP contribution in [-0.4, -0.2) is 0 Å². The second kappa shape index (κ2) is 3.68. The fraction of sp³-hybridized carbons (Fsp3) is 0. The standard InChI is InChI=1S/C9H3Br2ClO2/c10-6-3-5(12)1-4-2-7(11)9(13)14-8(4)6/h1-3H. The minimum atomic E-state index is -0.402. The fourth-order valence-corrected chi connectivity index (χ4v) is 2.37. The van der Waals surface area contributed by atoms with Crippen molar-refractivity contribution in [2.75, 3.05) is 0 Å². The van der Waals surface area contributed by atoms with E-state index < -0.39 is 5.63 Å². The Bertz CT molecular complexity index is 562. The first-order chi connectivity index (χ1) is 6.58. The predicted molar refractivity (Wildman–Crippen MR) is 62.9 cm³/mol.